The van der Waals surface area contributed by atoms with Gasteiger partial charge < -0.3 is 14.2 Å². The van der Waals surface area contributed by atoms with E-state index in [4.69, 9.17) is 19.2 Å². The molecule has 0 aliphatic carbocycles. The van der Waals surface area contributed by atoms with Gasteiger partial charge in [0.05, 0.1) is 31.6 Å². The maximum atomic E-state index is 13.3. The highest BCUT2D eigenvalue weighted by atomic mass is 32.2. The summed E-state index contributed by atoms with van der Waals surface area (Å²) in [5.41, 5.74) is 1.95. The first-order valence-corrected chi connectivity index (χ1v) is 13.0. The van der Waals surface area contributed by atoms with Crippen LogP contribution in [0, 0.1) is 6.92 Å². The number of anilines is 1. The summed E-state index contributed by atoms with van der Waals surface area (Å²) >= 11 is 3.31. The molecule has 1 amide bonds. The third kappa shape index (κ3) is 5.80. The highest BCUT2D eigenvalue weighted by molar-refractivity contribution is 7.99. The van der Waals surface area contributed by atoms with Crippen LogP contribution in [0.15, 0.2) is 41.3 Å². The summed E-state index contributed by atoms with van der Waals surface area (Å²) in [6.07, 6.45) is 3.35. The molecule has 176 valence electrons. The number of nitrogens with zero attached hydrogens (tertiary/aromatic N) is 2. The van der Waals surface area contributed by atoms with Crippen molar-refractivity contribution in [1.82, 2.24) is 4.98 Å². The first-order chi connectivity index (χ1) is 16.1. The van der Waals surface area contributed by atoms with E-state index in [1.165, 1.54) is 4.90 Å². The number of carbonyl (C=O) groups excluding carboxylic acids is 1. The van der Waals surface area contributed by atoms with Crippen LogP contribution in [-0.4, -0.2) is 50.1 Å². The van der Waals surface area contributed by atoms with Gasteiger partial charge in [-0.25, -0.2) is 4.98 Å². The summed E-state index contributed by atoms with van der Waals surface area (Å²) in [4.78, 5) is 21.2. The molecule has 2 heterocycles. The number of hydrogen-bond donors (Lipinski definition) is 0. The summed E-state index contributed by atoms with van der Waals surface area (Å²) < 4.78 is 17.6. The molecule has 1 aliphatic rings. The van der Waals surface area contributed by atoms with E-state index in [0.717, 1.165) is 64.0 Å². The van der Waals surface area contributed by atoms with E-state index in [-0.39, 0.29) is 12.0 Å². The van der Waals surface area contributed by atoms with E-state index < -0.39 is 0 Å². The van der Waals surface area contributed by atoms with Gasteiger partial charge in [-0.1, -0.05) is 17.4 Å². The molecule has 0 bridgehead atoms. The second kappa shape index (κ2) is 11.2. The Morgan fingerprint density at radius 2 is 2.03 bits per heavy atom. The number of thiazole rings is 1. The molecule has 1 aromatic heterocycles. The number of amides is 1. The zero-order valence-electron chi connectivity index (χ0n) is 19.3. The highest BCUT2D eigenvalue weighted by Crippen LogP contribution is 2.37. The second-order valence-electron chi connectivity index (χ2n) is 8.03. The quantitative estimate of drug-likeness (QED) is 0.270. The van der Waals surface area contributed by atoms with Crippen molar-refractivity contribution in [2.45, 2.75) is 43.6 Å². The van der Waals surface area contributed by atoms with Gasteiger partial charge in [0.25, 0.3) is 0 Å². The fourth-order valence-electron chi connectivity index (χ4n) is 3.88. The molecule has 1 saturated heterocycles. The van der Waals surface area contributed by atoms with E-state index in [2.05, 4.69) is 6.92 Å². The Labute approximate surface area is 203 Å². The van der Waals surface area contributed by atoms with Crippen molar-refractivity contribution in [2.24, 2.45) is 0 Å². The van der Waals surface area contributed by atoms with Crippen LogP contribution < -0.4 is 14.4 Å². The molecule has 1 atom stereocenters. The maximum absolute atomic E-state index is 13.3. The lowest BCUT2D eigenvalue weighted by Gasteiger charge is -2.23. The number of aryl methyl sites for hydroxylation is 1. The number of aromatic nitrogens is 1. The third-order valence-corrected chi connectivity index (χ3v) is 8.03. The molecule has 1 unspecified atom stereocenters. The zero-order chi connectivity index (χ0) is 23.2. The van der Waals surface area contributed by atoms with Crippen LogP contribution in [0.2, 0.25) is 0 Å². The van der Waals surface area contributed by atoms with Crippen LogP contribution in [0.3, 0.4) is 0 Å². The van der Waals surface area contributed by atoms with E-state index >= 15 is 0 Å². The van der Waals surface area contributed by atoms with E-state index in [9.17, 15) is 4.79 Å². The average molecular weight is 487 g/mol. The first kappa shape index (κ1) is 23.9. The normalized spacial score (nSPS) is 15.7. The lowest BCUT2D eigenvalue weighted by Crippen LogP contribution is -2.37. The molecule has 3 aromatic rings. The Balaban J connectivity index is 1.45. The molecule has 0 radical (unpaired) electrons. The third-order valence-electron chi connectivity index (χ3n) is 5.72. The number of ether oxygens (including phenoxy) is 3. The lowest BCUT2D eigenvalue weighted by atomic mass is 10.2. The zero-order valence-corrected chi connectivity index (χ0v) is 21.0. The Morgan fingerprint density at radius 1 is 1.21 bits per heavy atom. The fraction of sp³-hybridized carbons (Fsp3) is 0.440. The van der Waals surface area contributed by atoms with Gasteiger partial charge in [-0.2, -0.15) is 0 Å². The van der Waals surface area contributed by atoms with E-state index in [1.54, 1.807) is 37.3 Å². The molecule has 1 fully saturated rings. The minimum Gasteiger partial charge on any atom is -0.497 e. The molecule has 0 spiro atoms. The van der Waals surface area contributed by atoms with Crippen LogP contribution in [0.1, 0.15) is 31.2 Å². The van der Waals surface area contributed by atoms with Crippen molar-refractivity contribution in [3.05, 3.63) is 42.0 Å². The van der Waals surface area contributed by atoms with E-state index in [1.807, 2.05) is 41.3 Å². The van der Waals surface area contributed by atoms with Crippen molar-refractivity contribution in [1.29, 1.82) is 0 Å². The maximum Gasteiger partial charge on any atom is 0.228 e. The average Bonchev–Trinajstić information content (AvgIpc) is 3.51. The van der Waals surface area contributed by atoms with Crippen LogP contribution in [-0.2, 0) is 9.53 Å². The highest BCUT2D eigenvalue weighted by Gasteiger charge is 2.26. The molecular formula is C25H30N2O4S2. The summed E-state index contributed by atoms with van der Waals surface area (Å²) in [6, 6.07) is 12.0. The Morgan fingerprint density at radius 3 is 2.73 bits per heavy atom. The smallest absolute Gasteiger partial charge is 0.228 e. The molecule has 0 saturated carbocycles. The van der Waals surface area contributed by atoms with Gasteiger partial charge in [0.15, 0.2) is 5.13 Å². The molecule has 2 aromatic carbocycles. The van der Waals surface area contributed by atoms with Gasteiger partial charge in [0.2, 0.25) is 5.91 Å². The number of methoxy groups -OCH3 is 2. The van der Waals surface area contributed by atoms with Crippen LogP contribution >= 0.6 is 23.1 Å². The molecule has 8 heteroatoms. The van der Waals surface area contributed by atoms with Gasteiger partial charge in [-0.3, -0.25) is 9.69 Å². The number of fused-ring (bicyclic) bond motifs is 1. The monoisotopic (exact) mass is 486 g/mol. The van der Waals surface area contributed by atoms with Crippen molar-refractivity contribution >= 4 is 44.4 Å². The summed E-state index contributed by atoms with van der Waals surface area (Å²) in [5.74, 6) is 2.55. The molecule has 4 rings (SSSR count). The molecule has 33 heavy (non-hydrogen) atoms. The number of benzene rings is 2. The minimum absolute atomic E-state index is 0.0672. The largest absolute Gasteiger partial charge is 0.497 e. The van der Waals surface area contributed by atoms with Crippen LogP contribution in [0.4, 0.5) is 5.13 Å². The van der Waals surface area contributed by atoms with Crippen LogP contribution in [0.5, 0.6) is 11.5 Å². The predicted molar refractivity (Wildman–Crippen MR) is 135 cm³/mol. The molecular weight excluding hydrogens is 456 g/mol. The van der Waals surface area contributed by atoms with Gasteiger partial charge in [0, 0.05) is 17.9 Å². The topological polar surface area (TPSA) is 60.9 Å². The fourth-order valence-corrected chi connectivity index (χ4v) is 5.81. The van der Waals surface area contributed by atoms with Gasteiger partial charge in [-0.15, -0.1) is 11.8 Å². The predicted octanol–water partition coefficient (Wildman–Crippen LogP) is 5.71. The van der Waals surface area contributed by atoms with Crippen molar-refractivity contribution in [2.75, 3.05) is 38.0 Å². The standard InChI is InChI=1S/C25H30N2O4S2/c1-17-8-13-21(30-3)23-24(17)33-25(26-23)27(16-19-6-4-14-31-19)22(28)7-5-15-32-20-11-9-18(29-2)10-12-20/h8-13,19H,4-7,14-16H2,1-3H3. The van der Waals surface area contributed by atoms with E-state index in [0.29, 0.717) is 13.0 Å². The lowest BCUT2D eigenvalue weighted by molar-refractivity contribution is -0.119. The number of thioether (sulfide) groups is 1. The van der Waals surface area contributed by atoms with Gasteiger partial charge in [0.1, 0.15) is 17.0 Å². The number of carbonyl (C=O) groups is 1. The molecule has 1 aliphatic heterocycles. The molecule has 6 nitrogen and oxygen atoms in total. The summed E-state index contributed by atoms with van der Waals surface area (Å²) in [6.45, 7) is 3.37. The minimum atomic E-state index is 0.0672. The Kier molecular flexibility index (Phi) is 8.11. The van der Waals surface area contributed by atoms with Gasteiger partial charge in [-0.05, 0) is 67.8 Å². The van der Waals surface area contributed by atoms with Gasteiger partial charge >= 0.3 is 0 Å². The summed E-state index contributed by atoms with van der Waals surface area (Å²) in [5, 5.41) is 0.723. The Hall–Kier alpha value is -2.29. The van der Waals surface area contributed by atoms with Crippen molar-refractivity contribution in [3.63, 3.8) is 0 Å². The SMILES string of the molecule is COc1ccc(SCCCC(=O)N(CC2CCCO2)c2nc3c(OC)ccc(C)c3s2)cc1. The number of hydrogen-bond acceptors (Lipinski definition) is 7. The number of rotatable bonds is 10. The first-order valence-electron chi connectivity index (χ1n) is 11.2. The van der Waals surface area contributed by atoms with Crippen molar-refractivity contribution in [3.8, 4) is 11.5 Å². The summed E-state index contributed by atoms with van der Waals surface area (Å²) in [7, 11) is 3.32. The Bertz CT molecular complexity index is 1080. The van der Waals surface area contributed by atoms with Crippen molar-refractivity contribution < 1.29 is 19.0 Å². The second-order valence-corrected chi connectivity index (χ2v) is 10.2. The van der Waals surface area contributed by atoms with Crippen LogP contribution in [0.25, 0.3) is 10.2 Å². The molecule has 0 N–H and O–H groups in total.